The molecule has 5 nitrogen and oxygen atoms in total. The highest BCUT2D eigenvalue weighted by molar-refractivity contribution is 7.10. The van der Waals surface area contributed by atoms with Crippen molar-refractivity contribution < 1.29 is 4.79 Å². The SMILES string of the molecule is Cc1nc(C)n([C@H]2CCCN(C(=O)[C@H](C)c3cccs3)C2)n1. The minimum absolute atomic E-state index is 0.0580. The number of piperidine rings is 1. The Morgan fingerprint density at radius 1 is 1.45 bits per heavy atom. The van der Waals surface area contributed by atoms with Crippen molar-refractivity contribution in [3.8, 4) is 0 Å². The van der Waals surface area contributed by atoms with Crippen LogP contribution in [0.1, 0.15) is 48.3 Å². The van der Waals surface area contributed by atoms with E-state index < -0.39 is 0 Å². The van der Waals surface area contributed by atoms with Crippen molar-refractivity contribution >= 4 is 17.2 Å². The summed E-state index contributed by atoms with van der Waals surface area (Å²) in [6, 6.07) is 4.29. The molecule has 3 rings (SSSR count). The zero-order valence-electron chi connectivity index (χ0n) is 13.3. The standard InChI is InChI=1S/C16H22N4OS/c1-11(15-7-5-9-22-15)16(21)19-8-4-6-14(10-19)20-13(3)17-12(2)18-20/h5,7,9,11,14H,4,6,8,10H2,1-3H3/t11-,14+/m1/s1. The second-order valence-corrected chi connectivity index (χ2v) is 6.95. The molecular formula is C16H22N4OS. The molecule has 6 heteroatoms. The molecule has 2 aromatic heterocycles. The summed E-state index contributed by atoms with van der Waals surface area (Å²) in [6.07, 6.45) is 2.08. The van der Waals surface area contributed by atoms with Gasteiger partial charge in [-0.25, -0.2) is 9.67 Å². The topological polar surface area (TPSA) is 51.0 Å². The van der Waals surface area contributed by atoms with E-state index in [9.17, 15) is 4.79 Å². The van der Waals surface area contributed by atoms with E-state index in [2.05, 4.69) is 10.1 Å². The van der Waals surface area contributed by atoms with E-state index in [1.54, 1.807) is 11.3 Å². The Balaban J connectivity index is 1.73. The molecule has 1 aliphatic heterocycles. The van der Waals surface area contributed by atoms with Crippen LogP contribution < -0.4 is 0 Å². The molecule has 22 heavy (non-hydrogen) atoms. The third-order valence-electron chi connectivity index (χ3n) is 4.30. The first-order chi connectivity index (χ1) is 10.6. The van der Waals surface area contributed by atoms with Gasteiger partial charge < -0.3 is 4.90 Å². The number of nitrogens with zero attached hydrogens (tertiary/aromatic N) is 4. The molecule has 0 radical (unpaired) electrons. The van der Waals surface area contributed by atoms with Crippen LogP contribution in [0.3, 0.4) is 0 Å². The summed E-state index contributed by atoms with van der Waals surface area (Å²) in [4.78, 5) is 20.3. The molecule has 118 valence electrons. The second-order valence-electron chi connectivity index (χ2n) is 5.97. The van der Waals surface area contributed by atoms with E-state index in [-0.39, 0.29) is 17.9 Å². The smallest absolute Gasteiger partial charge is 0.230 e. The second kappa shape index (κ2) is 6.20. The Hall–Kier alpha value is -1.69. The first-order valence-corrected chi connectivity index (χ1v) is 8.66. The lowest BCUT2D eigenvalue weighted by atomic mass is 10.0. The summed E-state index contributed by atoms with van der Waals surface area (Å²) in [5, 5.41) is 6.52. The highest BCUT2D eigenvalue weighted by atomic mass is 32.1. The van der Waals surface area contributed by atoms with Gasteiger partial charge in [-0.1, -0.05) is 6.07 Å². The molecule has 0 N–H and O–H groups in total. The van der Waals surface area contributed by atoms with Crippen molar-refractivity contribution in [3.05, 3.63) is 34.0 Å². The average Bonchev–Trinajstić information content (AvgIpc) is 3.15. The first-order valence-electron chi connectivity index (χ1n) is 7.78. The molecule has 2 atom stereocenters. The maximum atomic E-state index is 12.8. The van der Waals surface area contributed by atoms with Gasteiger partial charge in [-0.3, -0.25) is 4.79 Å². The van der Waals surface area contributed by atoms with Gasteiger partial charge in [0.15, 0.2) is 0 Å². The third-order valence-corrected chi connectivity index (χ3v) is 5.36. The maximum Gasteiger partial charge on any atom is 0.230 e. The van der Waals surface area contributed by atoms with Crippen molar-refractivity contribution in [2.24, 2.45) is 0 Å². The molecular weight excluding hydrogens is 296 g/mol. The van der Waals surface area contributed by atoms with E-state index >= 15 is 0 Å². The van der Waals surface area contributed by atoms with Crippen molar-refractivity contribution in [3.63, 3.8) is 0 Å². The summed E-state index contributed by atoms with van der Waals surface area (Å²) >= 11 is 1.65. The van der Waals surface area contributed by atoms with Gasteiger partial charge in [-0.05, 0) is 45.1 Å². The first kappa shape index (κ1) is 15.2. The van der Waals surface area contributed by atoms with Crippen molar-refractivity contribution in [2.75, 3.05) is 13.1 Å². The molecule has 1 saturated heterocycles. The maximum absolute atomic E-state index is 12.8. The highest BCUT2D eigenvalue weighted by Crippen LogP contribution is 2.27. The third kappa shape index (κ3) is 2.92. The minimum atomic E-state index is -0.0580. The lowest BCUT2D eigenvalue weighted by molar-refractivity contribution is -0.134. The number of likely N-dealkylation sites (tertiary alicyclic amines) is 1. The number of hydrogen-bond acceptors (Lipinski definition) is 4. The van der Waals surface area contributed by atoms with Crippen LogP contribution >= 0.6 is 11.3 Å². The summed E-state index contributed by atoms with van der Waals surface area (Å²) in [7, 11) is 0. The van der Waals surface area contributed by atoms with Gasteiger partial charge in [0, 0.05) is 18.0 Å². The Bertz CT molecular complexity index is 649. The van der Waals surface area contributed by atoms with Crippen LogP contribution in [-0.4, -0.2) is 38.7 Å². The molecule has 0 bridgehead atoms. The normalized spacial score (nSPS) is 20.1. The van der Waals surface area contributed by atoms with Gasteiger partial charge in [0.1, 0.15) is 11.6 Å². The van der Waals surface area contributed by atoms with Gasteiger partial charge >= 0.3 is 0 Å². The van der Waals surface area contributed by atoms with Gasteiger partial charge in [-0.15, -0.1) is 11.3 Å². The van der Waals surface area contributed by atoms with E-state index in [1.165, 1.54) is 0 Å². The molecule has 3 heterocycles. The van der Waals surface area contributed by atoms with Crippen LogP contribution in [0.5, 0.6) is 0 Å². The fourth-order valence-corrected chi connectivity index (χ4v) is 3.95. The minimum Gasteiger partial charge on any atom is -0.340 e. The highest BCUT2D eigenvalue weighted by Gasteiger charge is 2.29. The van der Waals surface area contributed by atoms with Crippen LogP contribution in [0, 0.1) is 13.8 Å². The van der Waals surface area contributed by atoms with E-state index in [1.807, 2.05) is 47.9 Å². The number of thiophene rings is 1. The van der Waals surface area contributed by atoms with Crippen LogP contribution in [0.4, 0.5) is 0 Å². The molecule has 0 saturated carbocycles. The van der Waals surface area contributed by atoms with Crippen molar-refractivity contribution in [1.29, 1.82) is 0 Å². The van der Waals surface area contributed by atoms with Gasteiger partial charge in [0.2, 0.25) is 5.91 Å². The average molecular weight is 318 g/mol. The van der Waals surface area contributed by atoms with Gasteiger partial charge in [-0.2, -0.15) is 5.10 Å². The number of carbonyl (C=O) groups excluding carboxylic acids is 1. The largest absolute Gasteiger partial charge is 0.340 e. The number of carbonyl (C=O) groups is 1. The number of hydrogen-bond donors (Lipinski definition) is 0. The quantitative estimate of drug-likeness (QED) is 0.874. The van der Waals surface area contributed by atoms with Crippen LogP contribution in [0.2, 0.25) is 0 Å². The fourth-order valence-electron chi connectivity index (χ4n) is 3.17. The summed E-state index contributed by atoms with van der Waals surface area (Å²) in [6.45, 7) is 7.47. The van der Waals surface area contributed by atoms with Crippen LogP contribution in [-0.2, 0) is 4.79 Å². The molecule has 2 aromatic rings. The summed E-state index contributed by atoms with van der Waals surface area (Å²) < 4.78 is 1.99. The molecule has 0 aromatic carbocycles. The Kier molecular flexibility index (Phi) is 4.29. The predicted molar refractivity (Wildman–Crippen MR) is 87.1 cm³/mol. The molecule has 1 aliphatic rings. The number of aromatic nitrogens is 3. The fraction of sp³-hybridized carbons (Fsp3) is 0.562. The Morgan fingerprint density at radius 3 is 2.91 bits per heavy atom. The molecule has 1 fully saturated rings. The Morgan fingerprint density at radius 2 is 2.27 bits per heavy atom. The van der Waals surface area contributed by atoms with Crippen LogP contribution in [0.25, 0.3) is 0 Å². The van der Waals surface area contributed by atoms with Gasteiger partial charge in [0.05, 0.1) is 12.0 Å². The number of aryl methyl sites for hydroxylation is 2. The molecule has 0 aliphatic carbocycles. The number of rotatable bonds is 3. The lowest BCUT2D eigenvalue weighted by Gasteiger charge is -2.34. The Labute approximate surface area is 135 Å². The lowest BCUT2D eigenvalue weighted by Crippen LogP contribution is -2.42. The van der Waals surface area contributed by atoms with E-state index in [0.717, 1.165) is 42.5 Å². The van der Waals surface area contributed by atoms with E-state index in [4.69, 9.17) is 0 Å². The van der Waals surface area contributed by atoms with E-state index in [0.29, 0.717) is 0 Å². The molecule has 1 amide bonds. The van der Waals surface area contributed by atoms with Crippen molar-refractivity contribution in [1.82, 2.24) is 19.7 Å². The number of amides is 1. The predicted octanol–water partition coefficient (Wildman–Crippen LogP) is 2.92. The zero-order chi connectivity index (χ0) is 15.7. The summed E-state index contributed by atoms with van der Waals surface area (Å²) in [5.74, 6) is 1.90. The van der Waals surface area contributed by atoms with Crippen LogP contribution in [0.15, 0.2) is 17.5 Å². The molecule has 0 spiro atoms. The monoisotopic (exact) mass is 318 g/mol. The zero-order valence-corrected chi connectivity index (χ0v) is 14.1. The molecule has 0 unspecified atom stereocenters. The van der Waals surface area contributed by atoms with Gasteiger partial charge in [0.25, 0.3) is 0 Å². The van der Waals surface area contributed by atoms with Crippen molar-refractivity contribution in [2.45, 2.75) is 45.6 Å². The summed E-state index contributed by atoms with van der Waals surface area (Å²) in [5.41, 5.74) is 0.